The minimum atomic E-state index is -0.0510. The van der Waals surface area contributed by atoms with Crippen molar-refractivity contribution >= 4 is 23.2 Å². The molecular weight excluding hydrogens is 260 g/mol. The number of anilines is 1. The molecule has 3 unspecified atom stereocenters. The van der Waals surface area contributed by atoms with Crippen molar-refractivity contribution in [3.63, 3.8) is 0 Å². The second-order valence-corrected chi connectivity index (χ2v) is 6.12. The lowest BCUT2D eigenvalue weighted by atomic mass is 9.93. The number of carbonyl (C=O) groups is 1. The molecule has 0 aromatic heterocycles. The van der Waals surface area contributed by atoms with E-state index in [1.807, 2.05) is 25.1 Å². The first-order valence-electron chi connectivity index (χ1n) is 6.95. The van der Waals surface area contributed by atoms with Gasteiger partial charge in [-0.05, 0) is 55.8 Å². The van der Waals surface area contributed by atoms with E-state index >= 15 is 0 Å². The van der Waals surface area contributed by atoms with Crippen LogP contribution in [0.3, 0.4) is 0 Å². The first kappa shape index (κ1) is 12.9. The molecule has 2 aliphatic rings. The van der Waals surface area contributed by atoms with E-state index in [1.54, 1.807) is 0 Å². The van der Waals surface area contributed by atoms with Crippen LogP contribution in [-0.2, 0) is 4.79 Å². The molecule has 0 radical (unpaired) electrons. The molecule has 1 aromatic carbocycles. The number of halogens is 1. The third-order valence-corrected chi connectivity index (χ3v) is 4.72. The predicted octanol–water partition coefficient (Wildman–Crippen LogP) is 2.98. The summed E-state index contributed by atoms with van der Waals surface area (Å²) in [5, 5.41) is 6.92. The molecule has 1 amide bonds. The average molecular weight is 279 g/mol. The highest BCUT2D eigenvalue weighted by Gasteiger charge is 2.42. The summed E-state index contributed by atoms with van der Waals surface area (Å²) in [4.78, 5) is 12.4. The van der Waals surface area contributed by atoms with Crippen LogP contribution in [0.2, 0.25) is 5.02 Å². The van der Waals surface area contributed by atoms with E-state index in [0.29, 0.717) is 22.5 Å². The molecule has 3 atom stereocenters. The smallest absolute Gasteiger partial charge is 0.241 e. The Morgan fingerprint density at radius 3 is 3.05 bits per heavy atom. The van der Waals surface area contributed by atoms with Crippen molar-refractivity contribution in [3.8, 4) is 0 Å². The molecule has 19 heavy (non-hydrogen) atoms. The number of nitrogens with one attached hydrogen (secondary N) is 2. The average Bonchev–Trinajstić information content (AvgIpc) is 2.94. The molecule has 0 spiro atoms. The molecule has 1 aliphatic carbocycles. The predicted molar refractivity (Wildman–Crippen MR) is 77.4 cm³/mol. The van der Waals surface area contributed by atoms with Gasteiger partial charge in [0.15, 0.2) is 0 Å². The van der Waals surface area contributed by atoms with E-state index in [9.17, 15) is 4.79 Å². The number of rotatable bonds is 2. The Bertz CT molecular complexity index is 503. The monoisotopic (exact) mass is 278 g/mol. The molecule has 0 bridgehead atoms. The van der Waals surface area contributed by atoms with Gasteiger partial charge in [-0.25, -0.2) is 0 Å². The zero-order valence-corrected chi connectivity index (χ0v) is 11.8. The van der Waals surface area contributed by atoms with Gasteiger partial charge in [-0.3, -0.25) is 4.79 Å². The molecule has 4 heteroatoms. The quantitative estimate of drug-likeness (QED) is 0.873. The topological polar surface area (TPSA) is 41.1 Å². The zero-order valence-electron chi connectivity index (χ0n) is 11.1. The summed E-state index contributed by atoms with van der Waals surface area (Å²) in [6.07, 6.45) is 3.68. The lowest BCUT2D eigenvalue weighted by Gasteiger charge is -2.18. The van der Waals surface area contributed by atoms with E-state index in [-0.39, 0.29) is 11.9 Å². The maximum atomic E-state index is 12.4. The first-order valence-corrected chi connectivity index (χ1v) is 7.33. The van der Waals surface area contributed by atoms with E-state index in [2.05, 4.69) is 10.6 Å². The third kappa shape index (κ3) is 2.49. The van der Waals surface area contributed by atoms with Gasteiger partial charge >= 0.3 is 0 Å². The molecule has 1 aliphatic heterocycles. The Kier molecular flexibility index (Phi) is 3.50. The molecule has 1 aromatic rings. The van der Waals surface area contributed by atoms with Crippen molar-refractivity contribution in [2.24, 2.45) is 11.8 Å². The maximum Gasteiger partial charge on any atom is 0.241 e. The second kappa shape index (κ2) is 5.14. The lowest BCUT2D eigenvalue weighted by Crippen LogP contribution is -2.39. The van der Waals surface area contributed by atoms with Crippen LogP contribution in [0.1, 0.15) is 24.8 Å². The number of hydrogen-bond acceptors (Lipinski definition) is 2. The van der Waals surface area contributed by atoms with Crippen LogP contribution < -0.4 is 10.6 Å². The molecule has 1 saturated carbocycles. The molecule has 3 rings (SSSR count). The van der Waals surface area contributed by atoms with Gasteiger partial charge in [0, 0.05) is 0 Å². The van der Waals surface area contributed by atoms with Gasteiger partial charge in [0.25, 0.3) is 0 Å². The Balaban J connectivity index is 1.71. The summed E-state index contributed by atoms with van der Waals surface area (Å²) in [5.74, 6) is 1.24. The van der Waals surface area contributed by atoms with Crippen molar-refractivity contribution in [3.05, 3.63) is 28.8 Å². The molecule has 1 heterocycles. The summed E-state index contributed by atoms with van der Waals surface area (Å²) < 4.78 is 0. The van der Waals surface area contributed by atoms with Crippen molar-refractivity contribution in [2.75, 3.05) is 11.9 Å². The second-order valence-electron chi connectivity index (χ2n) is 5.71. The minimum absolute atomic E-state index is 0.0510. The fraction of sp³-hybridized carbons (Fsp3) is 0.533. The van der Waals surface area contributed by atoms with Crippen LogP contribution in [0, 0.1) is 18.8 Å². The Labute approximate surface area is 118 Å². The van der Waals surface area contributed by atoms with Crippen LogP contribution in [0.25, 0.3) is 0 Å². The summed E-state index contributed by atoms with van der Waals surface area (Å²) in [7, 11) is 0. The summed E-state index contributed by atoms with van der Waals surface area (Å²) in [6.45, 7) is 2.96. The Morgan fingerprint density at radius 2 is 2.26 bits per heavy atom. The number of benzene rings is 1. The molecule has 2 fully saturated rings. The first-order chi connectivity index (χ1) is 9.15. The standard InChI is InChI=1S/C15H19ClN2O/c1-9-5-6-13(12(16)7-9)18-15(19)14-11-4-2-3-10(11)8-17-14/h5-7,10-11,14,17H,2-4,8H2,1H3,(H,18,19). The number of amides is 1. The summed E-state index contributed by atoms with van der Waals surface area (Å²) >= 11 is 6.16. The highest BCUT2D eigenvalue weighted by molar-refractivity contribution is 6.33. The molecule has 2 N–H and O–H groups in total. The maximum absolute atomic E-state index is 12.4. The Morgan fingerprint density at radius 1 is 1.42 bits per heavy atom. The van der Waals surface area contributed by atoms with Crippen LogP contribution in [-0.4, -0.2) is 18.5 Å². The van der Waals surface area contributed by atoms with Crippen LogP contribution in [0.4, 0.5) is 5.69 Å². The summed E-state index contributed by atoms with van der Waals surface area (Å²) in [6, 6.07) is 5.65. The number of fused-ring (bicyclic) bond motifs is 1. The third-order valence-electron chi connectivity index (χ3n) is 4.41. The largest absolute Gasteiger partial charge is 0.323 e. The van der Waals surface area contributed by atoms with E-state index < -0.39 is 0 Å². The lowest BCUT2D eigenvalue weighted by molar-refractivity contribution is -0.118. The van der Waals surface area contributed by atoms with Gasteiger partial charge < -0.3 is 10.6 Å². The van der Waals surface area contributed by atoms with Crippen LogP contribution in [0.5, 0.6) is 0 Å². The van der Waals surface area contributed by atoms with Gasteiger partial charge in [-0.1, -0.05) is 24.1 Å². The van der Waals surface area contributed by atoms with Crippen LogP contribution >= 0.6 is 11.6 Å². The van der Waals surface area contributed by atoms with Crippen LogP contribution in [0.15, 0.2) is 18.2 Å². The SMILES string of the molecule is Cc1ccc(NC(=O)C2NCC3CCCC32)c(Cl)c1. The Hall–Kier alpha value is -1.06. The highest BCUT2D eigenvalue weighted by Crippen LogP contribution is 2.38. The zero-order chi connectivity index (χ0) is 13.4. The van der Waals surface area contributed by atoms with E-state index in [1.165, 1.54) is 12.8 Å². The van der Waals surface area contributed by atoms with Crippen molar-refractivity contribution in [1.29, 1.82) is 0 Å². The molecule has 102 valence electrons. The van der Waals surface area contributed by atoms with Gasteiger partial charge in [-0.15, -0.1) is 0 Å². The molecular formula is C15H19ClN2O. The fourth-order valence-corrected chi connectivity index (χ4v) is 3.69. The van der Waals surface area contributed by atoms with Gasteiger partial charge in [0.05, 0.1) is 16.8 Å². The van der Waals surface area contributed by atoms with E-state index in [4.69, 9.17) is 11.6 Å². The highest BCUT2D eigenvalue weighted by atomic mass is 35.5. The number of aryl methyl sites for hydroxylation is 1. The number of hydrogen-bond donors (Lipinski definition) is 2. The number of carbonyl (C=O) groups excluding carboxylic acids is 1. The molecule has 1 saturated heterocycles. The van der Waals surface area contributed by atoms with Gasteiger partial charge in [-0.2, -0.15) is 0 Å². The van der Waals surface area contributed by atoms with Crippen molar-refractivity contribution in [1.82, 2.24) is 5.32 Å². The normalized spacial score (nSPS) is 29.3. The van der Waals surface area contributed by atoms with E-state index in [0.717, 1.165) is 18.5 Å². The van der Waals surface area contributed by atoms with Crippen molar-refractivity contribution < 1.29 is 4.79 Å². The summed E-state index contributed by atoms with van der Waals surface area (Å²) in [5.41, 5.74) is 1.80. The minimum Gasteiger partial charge on any atom is -0.323 e. The van der Waals surface area contributed by atoms with Gasteiger partial charge in [0.2, 0.25) is 5.91 Å². The molecule has 3 nitrogen and oxygen atoms in total. The fourth-order valence-electron chi connectivity index (χ4n) is 3.41. The van der Waals surface area contributed by atoms with Gasteiger partial charge in [0.1, 0.15) is 0 Å². The van der Waals surface area contributed by atoms with Crippen molar-refractivity contribution in [2.45, 2.75) is 32.2 Å².